The number of benzene rings is 2. The fourth-order valence-corrected chi connectivity index (χ4v) is 1.68. The van der Waals surface area contributed by atoms with Gasteiger partial charge in [0.1, 0.15) is 5.75 Å². The van der Waals surface area contributed by atoms with Gasteiger partial charge < -0.3 is 10.1 Å². The molecule has 3 nitrogen and oxygen atoms in total. The molecule has 1 N–H and O–H groups in total. The Kier molecular flexibility index (Phi) is 5.90. The van der Waals surface area contributed by atoms with Crippen molar-refractivity contribution in [3.8, 4) is 17.6 Å². The number of hydrogen-bond acceptors (Lipinski definition) is 2. The van der Waals surface area contributed by atoms with Gasteiger partial charge in [-0.15, -0.1) is 0 Å². The Bertz CT molecular complexity index is 612. The highest BCUT2D eigenvalue weighted by molar-refractivity contribution is 5.76. The van der Waals surface area contributed by atoms with E-state index in [0.29, 0.717) is 19.6 Å². The molecule has 1 amide bonds. The van der Waals surface area contributed by atoms with Crippen molar-refractivity contribution < 1.29 is 9.53 Å². The molecule has 0 aliphatic heterocycles. The predicted molar refractivity (Wildman–Crippen MR) is 82.9 cm³/mol. The first-order valence-corrected chi connectivity index (χ1v) is 6.83. The number of hydrogen-bond donors (Lipinski definition) is 1. The molecule has 0 heterocycles. The molecule has 0 aromatic heterocycles. The summed E-state index contributed by atoms with van der Waals surface area (Å²) in [6, 6.07) is 19.1. The molecule has 2 aromatic carbocycles. The van der Waals surface area contributed by atoms with E-state index in [-0.39, 0.29) is 5.91 Å². The minimum atomic E-state index is -0.0618. The Morgan fingerprint density at radius 2 is 1.67 bits per heavy atom. The van der Waals surface area contributed by atoms with Gasteiger partial charge >= 0.3 is 0 Å². The lowest BCUT2D eigenvalue weighted by Gasteiger charge is -2.05. The predicted octanol–water partition coefficient (Wildman–Crippen LogP) is 2.62. The molecule has 0 saturated heterocycles. The highest BCUT2D eigenvalue weighted by Crippen LogP contribution is 2.08. The zero-order valence-corrected chi connectivity index (χ0v) is 11.7. The highest BCUT2D eigenvalue weighted by Gasteiger charge is 1.99. The summed E-state index contributed by atoms with van der Waals surface area (Å²) in [4.78, 5) is 11.6. The number of carbonyl (C=O) groups is 1. The van der Waals surface area contributed by atoms with Crippen molar-refractivity contribution in [2.24, 2.45) is 0 Å². The van der Waals surface area contributed by atoms with E-state index in [0.717, 1.165) is 11.3 Å². The quantitative estimate of drug-likeness (QED) is 0.854. The van der Waals surface area contributed by atoms with E-state index in [1.807, 2.05) is 60.7 Å². The summed E-state index contributed by atoms with van der Waals surface area (Å²) in [6.45, 7) is 0.709. The van der Waals surface area contributed by atoms with Gasteiger partial charge in [0.25, 0.3) is 0 Å². The van der Waals surface area contributed by atoms with Crippen molar-refractivity contribution in [1.82, 2.24) is 5.32 Å². The van der Waals surface area contributed by atoms with E-state index in [2.05, 4.69) is 17.2 Å². The Balaban J connectivity index is 1.63. The van der Waals surface area contributed by atoms with Crippen molar-refractivity contribution in [1.29, 1.82) is 0 Å². The number of rotatable bonds is 5. The van der Waals surface area contributed by atoms with E-state index in [9.17, 15) is 4.79 Å². The molecule has 21 heavy (non-hydrogen) atoms. The zero-order valence-electron chi connectivity index (χ0n) is 11.7. The van der Waals surface area contributed by atoms with Crippen LogP contribution in [0.1, 0.15) is 12.0 Å². The van der Waals surface area contributed by atoms with Gasteiger partial charge in [0.15, 0.2) is 0 Å². The van der Waals surface area contributed by atoms with Crippen LogP contribution >= 0.6 is 0 Å². The van der Waals surface area contributed by atoms with Crippen LogP contribution in [0.15, 0.2) is 60.7 Å². The van der Waals surface area contributed by atoms with E-state index in [4.69, 9.17) is 4.74 Å². The van der Waals surface area contributed by atoms with E-state index in [1.54, 1.807) is 0 Å². The van der Waals surface area contributed by atoms with E-state index in [1.165, 1.54) is 0 Å². The number of para-hydroxylation sites is 1. The van der Waals surface area contributed by atoms with Gasteiger partial charge in [0.2, 0.25) is 5.91 Å². The van der Waals surface area contributed by atoms with Gasteiger partial charge in [-0.2, -0.15) is 0 Å². The van der Waals surface area contributed by atoms with Crippen LogP contribution in [0, 0.1) is 11.8 Å². The maximum Gasteiger partial charge on any atom is 0.224 e. The molecule has 3 heteroatoms. The maximum atomic E-state index is 11.6. The Labute approximate surface area is 125 Å². The Morgan fingerprint density at radius 1 is 1.00 bits per heavy atom. The van der Waals surface area contributed by atoms with Gasteiger partial charge in [-0.25, -0.2) is 0 Å². The second-order valence-corrected chi connectivity index (χ2v) is 4.36. The number of carbonyl (C=O) groups excluding carboxylic acids is 1. The average molecular weight is 279 g/mol. The molecule has 0 atom stereocenters. The van der Waals surface area contributed by atoms with Gasteiger partial charge in [0, 0.05) is 5.56 Å². The van der Waals surface area contributed by atoms with Gasteiger partial charge in [-0.1, -0.05) is 48.2 Å². The average Bonchev–Trinajstić information content (AvgIpc) is 2.54. The summed E-state index contributed by atoms with van der Waals surface area (Å²) in [5.41, 5.74) is 0.944. The van der Waals surface area contributed by atoms with Gasteiger partial charge in [0.05, 0.1) is 19.6 Å². The molecule has 0 bridgehead atoms. The molecule has 2 aromatic rings. The Hall–Kier alpha value is -2.73. The van der Waals surface area contributed by atoms with Crippen LogP contribution in [0.2, 0.25) is 0 Å². The van der Waals surface area contributed by atoms with Crippen LogP contribution in [0.3, 0.4) is 0 Å². The summed E-state index contributed by atoms with van der Waals surface area (Å²) in [7, 11) is 0. The zero-order chi connectivity index (χ0) is 14.8. The van der Waals surface area contributed by atoms with Gasteiger partial charge in [-0.3, -0.25) is 4.79 Å². The lowest BCUT2D eigenvalue weighted by atomic mass is 10.2. The minimum absolute atomic E-state index is 0.0618. The third-order valence-electron chi connectivity index (χ3n) is 2.72. The second kappa shape index (κ2) is 8.44. The summed E-state index contributed by atoms with van der Waals surface area (Å²) < 4.78 is 5.46. The molecule has 0 radical (unpaired) electrons. The minimum Gasteiger partial charge on any atom is -0.493 e. The molecule has 0 unspecified atom stereocenters. The smallest absolute Gasteiger partial charge is 0.224 e. The number of ether oxygens (including phenoxy) is 1. The SMILES string of the molecule is O=C(CCOc1ccccc1)NCC#Cc1ccccc1. The Morgan fingerprint density at radius 3 is 2.38 bits per heavy atom. The van der Waals surface area contributed by atoms with Crippen molar-refractivity contribution in [2.45, 2.75) is 6.42 Å². The van der Waals surface area contributed by atoms with Gasteiger partial charge in [-0.05, 0) is 24.3 Å². The molecule has 0 spiro atoms. The van der Waals surface area contributed by atoms with Crippen LogP contribution in [0.25, 0.3) is 0 Å². The summed E-state index contributed by atoms with van der Waals surface area (Å²) in [5.74, 6) is 6.61. The first-order chi connectivity index (χ1) is 10.3. The fraction of sp³-hybridized carbons (Fsp3) is 0.167. The van der Waals surface area contributed by atoms with Crippen LogP contribution in [0.4, 0.5) is 0 Å². The van der Waals surface area contributed by atoms with Crippen LogP contribution in [-0.2, 0) is 4.79 Å². The maximum absolute atomic E-state index is 11.6. The first kappa shape index (κ1) is 14.7. The van der Waals surface area contributed by atoms with Crippen molar-refractivity contribution >= 4 is 5.91 Å². The highest BCUT2D eigenvalue weighted by atomic mass is 16.5. The molecular weight excluding hydrogens is 262 g/mol. The molecular formula is C18H17NO2. The van der Waals surface area contributed by atoms with Crippen LogP contribution < -0.4 is 10.1 Å². The molecule has 0 saturated carbocycles. The topological polar surface area (TPSA) is 38.3 Å². The normalized spacial score (nSPS) is 9.33. The summed E-state index contributed by atoms with van der Waals surface area (Å²) in [5, 5.41) is 2.75. The van der Waals surface area contributed by atoms with Crippen molar-refractivity contribution in [3.05, 3.63) is 66.2 Å². The van der Waals surface area contributed by atoms with Crippen LogP contribution in [-0.4, -0.2) is 19.1 Å². The first-order valence-electron chi connectivity index (χ1n) is 6.83. The van der Waals surface area contributed by atoms with E-state index >= 15 is 0 Å². The van der Waals surface area contributed by atoms with E-state index < -0.39 is 0 Å². The second-order valence-electron chi connectivity index (χ2n) is 4.36. The fourth-order valence-electron chi connectivity index (χ4n) is 1.68. The molecule has 0 aliphatic rings. The number of nitrogens with one attached hydrogen (secondary N) is 1. The summed E-state index contributed by atoms with van der Waals surface area (Å²) in [6.07, 6.45) is 0.321. The number of amides is 1. The molecule has 106 valence electrons. The summed E-state index contributed by atoms with van der Waals surface area (Å²) >= 11 is 0. The lowest BCUT2D eigenvalue weighted by Crippen LogP contribution is -2.25. The molecule has 2 rings (SSSR count). The molecule has 0 aliphatic carbocycles. The standard InChI is InChI=1S/C18H17NO2/c20-18(13-15-21-17-11-5-2-6-12-17)19-14-7-10-16-8-3-1-4-9-16/h1-6,8-9,11-12H,13-15H2,(H,19,20). The third kappa shape index (κ3) is 5.84. The van der Waals surface area contributed by atoms with Crippen LogP contribution in [0.5, 0.6) is 5.75 Å². The lowest BCUT2D eigenvalue weighted by molar-refractivity contribution is -0.121. The van der Waals surface area contributed by atoms with Crippen molar-refractivity contribution in [3.63, 3.8) is 0 Å². The monoisotopic (exact) mass is 279 g/mol. The third-order valence-corrected chi connectivity index (χ3v) is 2.72. The molecule has 0 fully saturated rings. The largest absolute Gasteiger partial charge is 0.493 e. The van der Waals surface area contributed by atoms with Crippen molar-refractivity contribution in [2.75, 3.05) is 13.2 Å².